The minimum absolute atomic E-state index is 0.0761. The second-order valence-electron chi connectivity index (χ2n) is 7.99. The van der Waals surface area contributed by atoms with Gasteiger partial charge < -0.3 is 9.64 Å². The van der Waals surface area contributed by atoms with Gasteiger partial charge in [0.15, 0.2) is 0 Å². The molecule has 2 aliphatic heterocycles. The number of hydrogen-bond donors (Lipinski definition) is 1. The molecule has 2 aromatic carbocycles. The fraction of sp³-hybridized carbons (Fsp3) is 0.333. The van der Waals surface area contributed by atoms with E-state index in [1.54, 1.807) is 12.1 Å². The lowest BCUT2D eigenvalue weighted by molar-refractivity contribution is -0.130. The van der Waals surface area contributed by atoms with Crippen LogP contribution in [0, 0.1) is 5.82 Å². The van der Waals surface area contributed by atoms with Crippen molar-refractivity contribution in [1.82, 2.24) is 15.1 Å². The van der Waals surface area contributed by atoms with Crippen LogP contribution in [-0.4, -0.2) is 40.7 Å². The van der Waals surface area contributed by atoms with Crippen LogP contribution in [0.4, 0.5) is 4.39 Å². The third-order valence-corrected chi connectivity index (χ3v) is 6.02. The van der Waals surface area contributed by atoms with Gasteiger partial charge in [0.25, 0.3) is 0 Å². The Bertz CT molecular complexity index is 1070. The Kier molecular flexibility index (Phi) is 4.99. The average molecular weight is 405 g/mol. The molecule has 0 aliphatic carbocycles. The highest BCUT2D eigenvalue weighted by Crippen LogP contribution is 2.32. The number of benzene rings is 2. The molecule has 6 heteroatoms. The first kappa shape index (κ1) is 18.9. The van der Waals surface area contributed by atoms with Crippen molar-refractivity contribution in [2.24, 2.45) is 0 Å². The molecule has 5 nitrogen and oxygen atoms in total. The van der Waals surface area contributed by atoms with E-state index in [0.29, 0.717) is 19.5 Å². The molecule has 0 fully saturated rings. The number of nitrogens with zero attached hydrogens (tertiary/aromatic N) is 2. The Morgan fingerprint density at radius 2 is 1.93 bits per heavy atom. The Labute approximate surface area is 174 Å². The largest absolute Gasteiger partial charge is 0.493 e. The molecule has 0 atom stereocenters. The zero-order valence-electron chi connectivity index (χ0n) is 16.8. The minimum atomic E-state index is -0.284. The molecular formula is C24H24FN3O2. The summed E-state index contributed by atoms with van der Waals surface area (Å²) in [6.07, 6.45) is 3.89. The molecule has 0 bridgehead atoms. The summed E-state index contributed by atoms with van der Waals surface area (Å²) in [6.45, 7) is 2.10. The summed E-state index contributed by atoms with van der Waals surface area (Å²) in [4.78, 5) is 14.7. The van der Waals surface area contributed by atoms with Gasteiger partial charge in [0.1, 0.15) is 11.6 Å². The van der Waals surface area contributed by atoms with Crippen molar-refractivity contribution in [1.29, 1.82) is 0 Å². The predicted octanol–water partition coefficient (Wildman–Crippen LogP) is 3.71. The van der Waals surface area contributed by atoms with Crippen molar-refractivity contribution in [3.05, 3.63) is 70.7 Å². The molecule has 1 N–H and O–H groups in total. The van der Waals surface area contributed by atoms with Gasteiger partial charge in [-0.3, -0.25) is 9.89 Å². The van der Waals surface area contributed by atoms with Crippen molar-refractivity contribution >= 4 is 5.91 Å². The molecule has 1 aromatic heterocycles. The van der Waals surface area contributed by atoms with E-state index in [2.05, 4.69) is 22.3 Å². The maximum absolute atomic E-state index is 13.1. The number of aromatic amines is 1. The molecule has 0 unspecified atom stereocenters. The van der Waals surface area contributed by atoms with Crippen molar-refractivity contribution < 1.29 is 13.9 Å². The summed E-state index contributed by atoms with van der Waals surface area (Å²) < 4.78 is 18.8. The molecule has 3 heterocycles. The molecule has 5 rings (SSSR count). The van der Waals surface area contributed by atoms with Gasteiger partial charge in [-0.2, -0.15) is 5.10 Å². The van der Waals surface area contributed by atoms with Gasteiger partial charge in [0, 0.05) is 36.3 Å². The zero-order valence-corrected chi connectivity index (χ0v) is 16.8. The number of carbonyl (C=O) groups excluding carboxylic acids is 1. The van der Waals surface area contributed by atoms with Crippen LogP contribution >= 0.6 is 0 Å². The van der Waals surface area contributed by atoms with Gasteiger partial charge in [-0.25, -0.2) is 4.39 Å². The molecule has 1 amide bonds. The van der Waals surface area contributed by atoms with Crippen LogP contribution in [0.3, 0.4) is 0 Å². The minimum Gasteiger partial charge on any atom is -0.493 e. The second kappa shape index (κ2) is 7.94. The standard InChI is InChI=1S/C24H24FN3O2/c25-19-6-3-16(4-7-19)14-23(29)28-11-9-20-21(10-12-28)26-27-24(20)18-5-8-22-17(15-18)2-1-13-30-22/h3-8,15H,1-2,9-14H2,(H,26,27). The number of rotatable bonds is 3. The molecule has 0 saturated carbocycles. The smallest absolute Gasteiger partial charge is 0.227 e. The van der Waals surface area contributed by atoms with Gasteiger partial charge in [-0.15, -0.1) is 0 Å². The van der Waals surface area contributed by atoms with Crippen LogP contribution in [0.5, 0.6) is 5.75 Å². The van der Waals surface area contributed by atoms with Gasteiger partial charge in [0.05, 0.1) is 18.7 Å². The molecule has 3 aromatic rings. The SMILES string of the molecule is O=C(Cc1ccc(F)cc1)N1CCc2[nH]nc(-c3ccc4c(c3)CCCO4)c2CC1. The van der Waals surface area contributed by atoms with E-state index in [9.17, 15) is 9.18 Å². The number of nitrogens with one attached hydrogen (secondary N) is 1. The molecular weight excluding hydrogens is 381 g/mol. The number of aromatic nitrogens is 2. The van der Waals surface area contributed by atoms with E-state index < -0.39 is 0 Å². The topological polar surface area (TPSA) is 58.2 Å². The van der Waals surface area contributed by atoms with Crippen LogP contribution in [0.2, 0.25) is 0 Å². The normalized spacial score (nSPS) is 15.7. The first-order chi connectivity index (χ1) is 14.7. The number of hydrogen-bond acceptors (Lipinski definition) is 3. The van der Waals surface area contributed by atoms with Crippen LogP contribution in [0.25, 0.3) is 11.3 Å². The Morgan fingerprint density at radius 1 is 1.10 bits per heavy atom. The maximum atomic E-state index is 13.1. The molecule has 30 heavy (non-hydrogen) atoms. The third kappa shape index (κ3) is 3.70. The Morgan fingerprint density at radius 3 is 2.80 bits per heavy atom. The van der Waals surface area contributed by atoms with E-state index in [1.165, 1.54) is 23.3 Å². The fourth-order valence-electron chi connectivity index (χ4n) is 4.37. The summed E-state index contributed by atoms with van der Waals surface area (Å²) >= 11 is 0. The molecule has 154 valence electrons. The Balaban J connectivity index is 1.32. The van der Waals surface area contributed by atoms with Crippen LogP contribution in [0.1, 0.15) is 28.8 Å². The highest BCUT2D eigenvalue weighted by molar-refractivity contribution is 5.79. The second-order valence-corrected chi connectivity index (χ2v) is 7.99. The quantitative estimate of drug-likeness (QED) is 0.723. The summed E-state index contributed by atoms with van der Waals surface area (Å²) in [6, 6.07) is 12.5. The van der Waals surface area contributed by atoms with E-state index in [4.69, 9.17) is 4.74 Å². The van der Waals surface area contributed by atoms with Crippen molar-refractivity contribution in [2.75, 3.05) is 19.7 Å². The number of carbonyl (C=O) groups is 1. The lowest BCUT2D eigenvalue weighted by Crippen LogP contribution is -2.34. The lowest BCUT2D eigenvalue weighted by atomic mass is 9.98. The van der Waals surface area contributed by atoms with E-state index >= 15 is 0 Å². The Hall–Kier alpha value is -3.15. The van der Waals surface area contributed by atoms with Gasteiger partial charge >= 0.3 is 0 Å². The number of fused-ring (bicyclic) bond motifs is 2. The van der Waals surface area contributed by atoms with Crippen molar-refractivity contribution in [3.8, 4) is 17.0 Å². The predicted molar refractivity (Wildman–Crippen MR) is 112 cm³/mol. The fourth-order valence-corrected chi connectivity index (χ4v) is 4.37. The van der Waals surface area contributed by atoms with E-state index in [-0.39, 0.29) is 11.7 Å². The maximum Gasteiger partial charge on any atom is 0.227 e. The van der Waals surface area contributed by atoms with Crippen LogP contribution in [-0.2, 0) is 30.5 Å². The van der Waals surface area contributed by atoms with E-state index in [0.717, 1.165) is 60.6 Å². The molecule has 2 aliphatic rings. The van der Waals surface area contributed by atoms with Crippen LogP contribution < -0.4 is 4.74 Å². The summed E-state index contributed by atoms with van der Waals surface area (Å²) in [5, 5.41) is 7.80. The number of amides is 1. The monoisotopic (exact) mass is 405 g/mol. The zero-order chi connectivity index (χ0) is 20.5. The highest BCUT2D eigenvalue weighted by atomic mass is 19.1. The molecule has 0 saturated heterocycles. The van der Waals surface area contributed by atoms with Crippen LogP contribution in [0.15, 0.2) is 42.5 Å². The summed E-state index contributed by atoms with van der Waals surface area (Å²) in [5.74, 6) is 0.768. The number of halogens is 1. The van der Waals surface area contributed by atoms with Gasteiger partial charge in [0.2, 0.25) is 5.91 Å². The van der Waals surface area contributed by atoms with E-state index in [1.807, 2.05) is 11.0 Å². The lowest BCUT2D eigenvalue weighted by Gasteiger charge is -2.20. The number of aryl methyl sites for hydroxylation is 1. The summed E-state index contributed by atoms with van der Waals surface area (Å²) in [7, 11) is 0. The average Bonchev–Trinajstić information content (AvgIpc) is 3.06. The van der Waals surface area contributed by atoms with Crippen molar-refractivity contribution in [3.63, 3.8) is 0 Å². The molecule has 0 spiro atoms. The molecule has 0 radical (unpaired) electrons. The number of H-pyrrole nitrogens is 1. The first-order valence-corrected chi connectivity index (χ1v) is 10.5. The van der Waals surface area contributed by atoms with Gasteiger partial charge in [-0.1, -0.05) is 12.1 Å². The van der Waals surface area contributed by atoms with Gasteiger partial charge in [-0.05, 0) is 60.7 Å². The first-order valence-electron chi connectivity index (χ1n) is 10.5. The highest BCUT2D eigenvalue weighted by Gasteiger charge is 2.23. The van der Waals surface area contributed by atoms with Crippen molar-refractivity contribution in [2.45, 2.75) is 32.1 Å². The third-order valence-electron chi connectivity index (χ3n) is 6.02. The summed E-state index contributed by atoms with van der Waals surface area (Å²) in [5.41, 5.74) is 6.46. The number of ether oxygens (including phenoxy) is 1.